The molecule has 2 amide bonds. The van der Waals surface area contributed by atoms with Crippen LogP contribution in [0.1, 0.15) is 36.8 Å². The Morgan fingerprint density at radius 1 is 1.10 bits per heavy atom. The predicted octanol–water partition coefficient (Wildman–Crippen LogP) is 3.62. The molecule has 0 N–H and O–H groups in total. The highest BCUT2D eigenvalue weighted by Crippen LogP contribution is 2.50. The molecule has 0 spiro atoms. The van der Waals surface area contributed by atoms with Crippen LogP contribution in [0.15, 0.2) is 54.6 Å². The Balaban J connectivity index is 1.32. The standard InChI is InChI=1S/C25H30N2O3/c1-26(17-19-6-4-3-5-7-19)23(28)16-20-12-15-27(18-20)24(29)25(13-14-25)21-8-10-22(30-2)11-9-21/h3-11,20H,12-18H2,1-2H3. The highest BCUT2D eigenvalue weighted by atomic mass is 16.5. The maximum atomic E-state index is 13.3. The van der Waals surface area contributed by atoms with Crippen molar-refractivity contribution in [1.82, 2.24) is 9.80 Å². The summed E-state index contributed by atoms with van der Waals surface area (Å²) in [6, 6.07) is 17.9. The van der Waals surface area contributed by atoms with Crippen molar-refractivity contribution in [3.63, 3.8) is 0 Å². The summed E-state index contributed by atoms with van der Waals surface area (Å²) in [5.41, 5.74) is 1.84. The smallest absolute Gasteiger partial charge is 0.233 e. The summed E-state index contributed by atoms with van der Waals surface area (Å²) >= 11 is 0. The van der Waals surface area contributed by atoms with E-state index in [1.54, 1.807) is 12.0 Å². The maximum absolute atomic E-state index is 13.3. The van der Waals surface area contributed by atoms with Gasteiger partial charge in [-0.3, -0.25) is 9.59 Å². The summed E-state index contributed by atoms with van der Waals surface area (Å²) in [6.45, 7) is 2.05. The molecule has 2 fully saturated rings. The van der Waals surface area contributed by atoms with E-state index in [1.807, 2.05) is 66.5 Å². The third kappa shape index (κ3) is 4.20. The zero-order chi connectivity index (χ0) is 21.1. The number of benzene rings is 2. The summed E-state index contributed by atoms with van der Waals surface area (Å²) in [5.74, 6) is 1.42. The molecule has 1 saturated carbocycles. The van der Waals surface area contributed by atoms with Crippen molar-refractivity contribution in [3.05, 3.63) is 65.7 Å². The number of rotatable bonds is 7. The quantitative estimate of drug-likeness (QED) is 0.706. The van der Waals surface area contributed by atoms with Gasteiger partial charge < -0.3 is 14.5 Å². The Morgan fingerprint density at radius 3 is 2.43 bits per heavy atom. The van der Waals surface area contributed by atoms with E-state index in [-0.39, 0.29) is 23.1 Å². The second-order valence-electron chi connectivity index (χ2n) is 8.66. The Labute approximate surface area is 178 Å². The van der Waals surface area contributed by atoms with Gasteiger partial charge in [0.05, 0.1) is 12.5 Å². The zero-order valence-electron chi connectivity index (χ0n) is 17.8. The highest BCUT2D eigenvalue weighted by Gasteiger charge is 2.53. The first-order chi connectivity index (χ1) is 14.5. The van der Waals surface area contributed by atoms with Crippen LogP contribution in [0.4, 0.5) is 0 Å². The molecule has 1 unspecified atom stereocenters. The van der Waals surface area contributed by atoms with Gasteiger partial charge >= 0.3 is 0 Å². The molecule has 2 aromatic carbocycles. The van der Waals surface area contributed by atoms with Gasteiger partial charge in [0, 0.05) is 33.1 Å². The van der Waals surface area contributed by atoms with E-state index in [0.29, 0.717) is 19.5 Å². The van der Waals surface area contributed by atoms with Crippen LogP contribution in [0.5, 0.6) is 5.75 Å². The fraction of sp³-hybridized carbons (Fsp3) is 0.440. The number of ether oxygens (including phenoxy) is 1. The summed E-state index contributed by atoms with van der Waals surface area (Å²) < 4.78 is 5.24. The minimum Gasteiger partial charge on any atom is -0.497 e. The number of carbonyl (C=O) groups is 2. The molecule has 5 heteroatoms. The van der Waals surface area contributed by atoms with E-state index in [2.05, 4.69) is 0 Å². The topological polar surface area (TPSA) is 49.9 Å². The largest absolute Gasteiger partial charge is 0.497 e. The summed E-state index contributed by atoms with van der Waals surface area (Å²) in [6.07, 6.45) is 3.20. The van der Waals surface area contributed by atoms with Crippen LogP contribution in [0, 0.1) is 5.92 Å². The lowest BCUT2D eigenvalue weighted by Crippen LogP contribution is -2.38. The van der Waals surface area contributed by atoms with Gasteiger partial charge in [0.1, 0.15) is 5.75 Å². The zero-order valence-corrected chi connectivity index (χ0v) is 17.8. The Morgan fingerprint density at radius 2 is 1.80 bits per heavy atom. The normalized spacial score (nSPS) is 19.4. The van der Waals surface area contributed by atoms with Crippen molar-refractivity contribution in [1.29, 1.82) is 0 Å². The first-order valence-corrected chi connectivity index (χ1v) is 10.7. The van der Waals surface area contributed by atoms with Gasteiger partial charge in [-0.15, -0.1) is 0 Å². The van der Waals surface area contributed by atoms with Crippen LogP contribution in [-0.2, 0) is 21.5 Å². The van der Waals surface area contributed by atoms with E-state index < -0.39 is 0 Å². The lowest BCUT2D eigenvalue weighted by Gasteiger charge is -2.24. The average Bonchev–Trinajstić information content (AvgIpc) is 3.46. The van der Waals surface area contributed by atoms with E-state index >= 15 is 0 Å². The molecule has 2 aromatic rings. The second kappa shape index (κ2) is 8.50. The number of methoxy groups -OCH3 is 1. The summed E-state index contributed by atoms with van der Waals surface area (Å²) in [4.78, 5) is 29.7. The van der Waals surface area contributed by atoms with Gasteiger partial charge in [0.25, 0.3) is 0 Å². The minimum atomic E-state index is -0.366. The van der Waals surface area contributed by atoms with Crippen molar-refractivity contribution in [3.8, 4) is 5.75 Å². The van der Waals surface area contributed by atoms with E-state index in [4.69, 9.17) is 4.74 Å². The van der Waals surface area contributed by atoms with E-state index in [1.165, 1.54) is 0 Å². The Hall–Kier alpha value is -2.82. The van der Waals surface area contributed by atoms with E-state index in [9.17, 15) is 9.59 Å². The molecule has 0 aromatic heterocycles. The number of amides is 2. The molecule has 1 aliphatic carbocycles. The Bertz CT molecular complexity index is 890. The molecule has 158 valence electrons. The molecule has 30 heavy (non-hydrogen) atoms. The lowest BCUT2D eigenvalue weighted by molar-refractivity contribution is -0.134. The maximum Gasteiger partial charge on any atom is 0.233 e. The first kappa shape index (κ1) is 20.5. The molecule has 0 radical (unpaired) electrons. The lowest BCUT2D eigenvalue weighted by atomic mass is 9.94. The van der Waals surface area contributed by atoms with Crippen molar-refractivity contribution < 1.29 is 14.3 Å². The van der Waals surface area contributed by atoms with Crippen LogP contribution in [-0.4, -0.2) is 48.9 Å². The average molecular weight is 407 g/mol. The first-order valence-electron chi connectivity index (χ1n) is 10.7. The molecule has 5 nitrogen and oxygen atoms in total. The monoisotopic (exact) mass is 406 g/mol. The number of carbonyl (C=O) groups excluding carboxylic acids is 2. The van der Waals surface area contributed by atoms with Gasteiger partial charge in [0.15, 0.2) is 0 Å². The molecular weight excluding hydrogens is 376 g/mol. The highest BCUT2D eigenvalue weighted by molar-refractivity contribution is 5.91. The second-order valence-corrected chi connectivity index (χ2v) is 8.66. The third-order valence-electron chi connectivity index (χ3n) is 6.53. The van der Waals surface area contributed by atoms with Crippen LogP contribution in [0.2, 0.25) is 0 Å². The molecule has 1 heterocycles. The SMILES string of the molecule is COc1ccc(C2(C(=O)N3CCC(CC(=O)N(C)Cc4ccccc4)C3)CC2)cc1. The van der Waals surface area contributed by atoms with Gasteiger partial charge in [0.2, 0.25) is 11.8 Å². The van der Waals surface area contributed by atoms with Gasteiger partial charge in [-0.05, 0) is 48.4 Å². The Kier molecular flexibility index (Phi) is 5.80. The number of likely N-dealkylation sites (tertiary alicyclic amines) is 1. The summed E-state index contributed by atoms with van der Waals surface area (Å²) in [5, 5.41) is 0. The number of hydrogen-bond donors (Lipinski definition) is 0. The van der Waals surface area contributed by atoms with Gasteiger partial charge in [-0.1, -0.05) is 42.5 Å². The minimum absolute atomic E-state index is 0.148. The number of hydrogen-bond acceptors (Lipinski definition) is 3. The molecule has 1 saturated heterocycles. The van der Waals surface area contributed by atoms with Crippen molar-refractivity contribution in [2.24, 2.45) is 5.92 Å². The number of nitrogens with zero attached hydrogens (tertiary/aromatic N) is 2. The fourth-order valence-corrected chi connectivity index (χ4v) is 4.50. The van der Waals surface area contributed by atoms with Gasteiger partial charge in [-0.2, -0.15) is 0 Å². The third-order valence-corrected chi connectivity index (χ3v) is 6.53. The van der Waals surface area contributed by atoms with Crippen LogP contribution >= 0.6 is 0 Å². The van der Waals surface area contributed by atoms with Gasteiger partial charge in [-0.25, -0.2) is 0 Å². The molecule has 4 rings (SSSR count). The molecule has 1 atom stereocenters. The van der Waals surface area contributed by atoms with Crippen LogP contribution < -0.4 is 4.74 Å². The van der Waals surface area contributed by atoms with Crippen LogP contribution in [0.3, 0.4) is 0 Å². The van der Waals surface area contributed by atoms with Crippen molar-refractivity contribution in [2.75, 3.05) is 27.2 Å². The van der Waals surface area contributed by atoms with Crippen molar-refractivity contribution >= 4 is 11.8 Å². The molecule has 1 aliphatic heterocycles. The fourth-order valence-electron chi connectivity index (χ4n) is 4.50. The van der Waals surface area contributed by atoms with Crippen LogP contribution in [0.25, 0.3) is 0 Å². The molecule has 0 bridgehead atoms. The molecular formula is C25H30N2O3. The molecule has 2 aliphatic rings. The predicted molar refractivity (Wildman–Crippen MR) is 116 cm³/mol. The van der Waals surface area contributed by atoms with E-state index in [0.717, 1.165) is 42.7 Å². The van der Waals surface area contributed by atoms with Crippen molar-refractivity contribution in [2.45, 2.75) is 37.6 Å². The summed E-state index contributed by atoms with van der Waals surface area (Å²) in [7, 11) is 3.51.